The van der Waals surface area contributed by atoms with Crippen LogP contribution in [0.5, 0.6) is 0 Å². The first-order chi connectivity index (χ1) is 11.0. The Balaban J connectivity index is 0.00000288. The van der Waals surface area contributed by atoms with E-state index in [9.17, 15) is 9.59 Å². The van der Waals surface area contributed by atoms with Crippen molar-refractivity contribution in [1.82, 2.24) is 5.32 Å². The molecule has 1 aromatic carbocycles. The summed E-state index contributed by atoms with van der Waals surface area (Å²) in [5, 5.41) is 6.29. The van der Waals surface area contributed by atoms with Gasteiger partial charge in [0.15, 0.2) is 0 Å². The molecule has 4 N–H and O–H groups in total. The lowest BCUT2D eigenvalue weighted by molar-refractivity contribution is -0.126. The summed E-state index contributed by atoms with van der Waals surface area (Å²) < 4.78 is 0. The van der Waals surface area contributed by atoms with Gasteiger partial charge in [-0.3, -0.25) is 9.59 Å². The predicted molar refractivity (Wildman–Crippen MR) is 99.6 cm³/mol. The van der Waals surface area contributed by atoms with Gasteiger partial charge in [0.2, 0.25) is 11.8 Å². The summed E-state index contributed by atoms with van der Waals surface area (Å²) in [6, 6.07) is 5.38. The van der Waals surface area contributed by atoms with Gasteiger partial charge in [0.25, 0.3) is 0 Å². The Bertz CT molecular complexity index is 581. The Morgan fingerprint density at radius 1 is 1.33 bits per heavy atom. The second kappa shape index (κ2) is 9.87. The molecule has 0 aromatic heterocycles. The van der Waals surface area contributed by atoms with E-state index in [1.54, 1.807) is 12.1 Å². The number of halogens is 2. The molecule has 2 atom stereocenters. The van der Waals surface area contributed by atoms with E-state index in [1.807, 2.05) is 13.0 Å². The molecular formula is C17H25Cl2N3O2. The number of rotatable bonds is 6. The van der Waals surface area contributed by atoms with Gasteiger partial charge in [0.05, 0.1) is 0 Å². The molecule has 24 heavy (non-hydrogen) atoms. The Morgan fingerprint density at radius 2 is 2.08 bits per heavy atom. The monoisotopic (exact) mass is 373 g/mol. The van der Waals surface area contributed by atoms with Gasteiger partial charge in [-0.2, -0.15) is 0 Å². The minimum Gasteiger partial charge on any atom is -0.355 e. The summed E-state index contributed by atoms with van der Waals surface area (Å²) in [6.07, 6.45) is 3.19. The lowest BCUT2D eigenvalue weighted by atomic mass is 9.95. The fourth-order valence-corrected chi connectivity index (χ4v) is 3.22. The standard InChI is InChI=1S/C17H24ClN3O2.ClH/c1-11-14(18)6-3-7-15(11)21-16(22)8-9-20-17(23)13-5-2-4-12(13)10-19;/h3,6-7,12-13H,2,4-5,8-10,19H2,1H3,(H,20,23)(H,21,22);1H/t12-,13-;/m1./s1. The van der Waals surface area contributed by atoms with Crippen LogP contribution in [0.4, 0.5) is 5.69 Å². The SMILES string of the molecule is Cc1c(Cl)cccc1NC(=O)CCNC(=O)[C@@H]1CCC[C@@H]1CN.Cl. The van der Waals surface area contributed by atoms with Crippen molar-refractivity contribution in [3.8, 4) is 0 Å². The van der Waals surface area contributed by atoms with Gasteiger partial charge in [-0.1, -0.05) is 24.1 Å². The van der Waals surface area contributed by atoms with Crippen LogP contribution in [0.2, 0.25) is 5.02 Å². The molecule has 2 rings (SSSR count). The van der Waals surface area contributed by atoms with E-state index in [4.69, 9.17) is 17.3 Å². The molecule has 2 amide bonds. The van der Waals surface area contributed by atoms with Crippen molar-refractivity contribution in [1.29, 1.82) is 0 Å². The maximum absolute atomic E-state index is 12.1. The van der Waals surface area contributed by atoms with Gasteiger partial charge in [0.1, 0.15) is 0 Å². The molecule has 0 unspecified atom stereocenters. The van der Waals surface area contributed by atoms with E-state index in [1.165, 1.54) is 0 Å². The highest BCUT2D eigenvalue weighted by molar-refractivity contribution is 6.31. The number of hydrogen-bond acceptors (Lipinski definition) is 3. The van der Waals surface area contributed by atoms with Crippen LogP contribution < -0.4 is 16.4 Å². The molecule has 0 heterocycles. The van der Waals surface area contributed by atoms with Gasteiger partial charge in [0, 0.05) is 29.6 Å². The van der Waals surface area contributed by atoms with Crippen molar-refractivity contribution in [2.75, 3.05) is 18.4 Å². The molecule has 0 bridgehead atoms. The second-order valence-corrected chi connectivity index (χ2v) is 6.44. The van der Waals surface area contributed by atoms with Crippen LogP contribution >= 0.6 is 24.0 Å². The third kappa shape index (κ3) is 5.36. The maximum Gasteiger partial charge on any atom is 0.226 e. The Kier molecular flexibility index (Phi) is 8.53. The number of nitrogens with one attached hydrogen (secondary N) is 2. The van der Waals surface area contributed by atoms with Gasteiger partial charge in [-0.25, -0.2) is 0 Å². The molecule has 0 radical (unpaired) electrons. The van der Waals surface area contributed by atoms with Crippen molar-refractivity contribution >= 4 is 41.5 Å². The third-order valence-electron chi connectivity index (χ3n) is 4.49. The molecule has 7 heteroatoms. The van der Waals surface area contributed by atoms with Crippen molar-refractivity contribution in [2.24, 2.45) is 17.6 Å². The highest BCUT2D eigenvalue weighted by Gasteiger charge is 2.31. The quantitative estimate of drug-likeness (QED) is 0.716. The topological polar surface area (TPSA) is 84.2 Å². The van der Waals surface area contributed by atoms with E-state index in [0.717, 1.165) is 24.8 Å². The molecule has 1 aliphatic carbocycles. The minimum atomic E-state index is -0.141. The molecule has 1 aliphatic rings. The van der Waals surface area contributed by atoms with Gasteiger partial charge in [-0.15, -0.1) is 12.4 Å². The number of anilines is 1. The van der Waals surface area contributed by atoms with Gasteiger partial charge in [-0.05, 0) is 49.9 Å². The normalized spacial score (nSPS) is 19.5. The Hall–Kier alpha value is -1.30. The maximum atomic E-state index is 12.1. The van der Waals surface area contributed by atoms with Crippen molar-refractivity contribution in [3.05, 3.63) is 28.8 Å². The molecule has 1 saturated carbocycles. The zero-order chi connectivity index (χ0) is 16.8. The van der Waals surface area contributed by atoms with Crippen LogP contribution in [0.1, 0.15) is 31.2 Å². The molecule has 1 aromatic rings. The third-order valence-corrected chi connectivity index (χ3v) is 4.90. The zero-order valence-electron chi connectivity index (χ0n) is 13.8. The largest absolute Gasteiger partial charge is 0.355 e. The van der Waals surface area contributed by atoms with Crippen LogP contribution in [0.3, 0.4) is 0 Å². The summed E-state index contributed by atoms with van der Waals surface area (Å²) in [7, 11) is 0. The molecule has 0 saturated heterocycles. The highest BCUT2D eigenvalue weighted by atomic mass is 35.5. The molecule has 0 aliphatic heterocycles. The summed E-state index contributed by atoms with van der Waals surface area (Å²) in [5.41, 5.74) is 7.23. The van der Waals surface area contributed by atoms with Crippen molar-refractivity contribution in [3.63, 3.8) is 0 Å². The number of benzene rings is 1. The minimum absolute atomic E-state index is 0. The first-order valence-corrected chi connectivity index (χ1v) is 8.43. The molecule has 1 fully saturated rings. The highest BCUT2D eigenvalue weighted by Crippen LogP contribution is 2.30. The van der Waals surface area contributed by atoms with Crippen molar-refractivity contribution in [2.45, 2.75) is 32.6 Å². The van der Waals surface area contributed by atoms with Gasteiger partial charge >= 0.3 is 0 Å². The number of carbonyl (C=O) groups excluding carboxylic acids is 2. The van der Waals surface area contributed by atoms with E-state index in [-0.39, 0.29) is 42.5 Å². The van der Waals surface area contributed by atoms with E-state index < -0.39 is 0 Å². The van der Waals surface area contributed by atoms with Gasteiger partial charge < -0.3 is 16.4 Å². The number of carbonyl (C=O) groups is 2. The van der Waals surface area contributed by atoms with Crippen LogP contribution in [0.15, 0.2) is 18.2 Å². The number of nitrogens with two attached hydrogens (primary N) is 1. The van der Waals surface area contributed by atoms with Crippen LogP contribution in [0, 0.1) is 18.8 Å². The molecular weight excluding hydrogens is 349 g/mol. The van der Waals surface area contributed by atoms with E-state index in [0.29, 0.717) is 23.8 Å². The van der Waals surface area contributed by atoms with Crippen LogP contribution in [-0.4, -0.2) is 24.9 Å². The summed E-state index contributed by atoms with van der Waals surface area (Å²) >= 11 is 6.02. The average molecular weight is 374 g/mol. The molecule has 5 nitrogen and oxygen atoms in total. The fraction of sp³-hybridized carbons (Fsp3) is 0.529. The first-order valence-electron chi connectivity index (χ1n) is 8.05. The lowest BCUT2D eigenvalue weighted by Crippen LogP contribution is -2.36. The summed E-state index contributed by atoms with van der Waals surface area (Å²) in [4.78, 5) is 24.1. The smallest absolute Gasteiger partial charge is 0.226 e. The van der Waals surface area contributed by atoms with E-state index in [2.05, 4.69) is 10.6 Å². The van der Waals surface area contributed by atoms with Crippen LogP contribution in [-0.2, 0) is 9.59 Å². The predicted octanol–water partition coefficient (Wildman–Crippen LogP) is 2.89. The molecule has 134 valence electrons. The van der Waals surface area contributed by atoms with Crippen LogP contribution in [0.25, 0.3) is 0 Å². The summed E-state index contributed by atoms with van der Waals surface area (Å²) in [6.45, 7) is 2.73. The fourth-order valence-electron chi connectivity index (χ4n) is 3.05. The second-order valence-electron chi connectivity index (χ2n) is 6.03. The molecule has 0 spiro atoms. The Labute approximate surface area is 154 Å². The Morgan fingerprint density at radius 3 is 2.79 bits per heavy atom. The average Bonchev–Trinajstić information content (AvgIpc) is 3.00. The van der Waals surface area contributed by atoms with E-state index >= 15 is 0 Å². The first kappa shape index (κ1) is 20.7. The number of amides is 2. The number of hydrogen-bond donors (Lipinski definition) is 3. The zero-order valence-corrected chi connectivity index (χ0v) is 15.4. The van der Waals surface area contributed by atoms with Crippen molar-refractivity contribution < 1.29 is 9.59 Å². The lowest BCUT2D eigenvalue weighted by Gasteiger charge is -2.17. The summed E-state index contributed by atoms with van der Waals surface area (Å²) in [5.74, 6) is 0.151.